The third kappa shape index (κ3) is 1.95. The van der Waals surface area contributed by atoms with Gasteiger partial charge in [0.05, 0.1) is 0 Å². The van der Waals surface area contributed by atoms with Gasteiger partial charge >= 0.3 is 0 Å². The van der Waals surface area contributed by atoms with Crippen LogP contribution >= 0.6 is 0 Å². The van der Waals surface area contributed by atoms with E-state index in [0.717, 1.165) is 12.0 Å². The Morgan fingerprint density at radius 1 is 1.42 bits per heavy atom. The van der Waals surface area contributed by atoms with Gasteiger partial charge in [0.2, 0.25) is 0 Å². The molecule has 0 saturated carbocycles. The average Bonchev–Trinajstić information content (AvgIpc) is 2.17. The Bertz CT molecular complexity index is 248. The van der Waals surface area contributed by atoms with Gasteiger partial charge in [0.1, 0.15) is 0 Å². The zero-order chi connectivity index (χ0) is 8.97. The van der Waals surface area contributed by atoms with E-state index in [0.29, 0.717) is 0 Å². The molecule has 0 bridgehead atoms. The first-order chi connectivity index (χ1) is 5.77. The molecule has 64 valence electrons. The predicted octanol–water partition coefficient (Wildman–Crippen LogP) is 2.74. The summed E-state index contributed by atoms with van der Waals surface area (Å²) in [6.07, 6.45) is 2.81. The van der Waals surface area contributed by atoms with E-state index in [-0.39, 0.29) is 6.04 Å². The molecule has 1 heteroatoms. The first-order valence-electron chi connectivity index (χ1n) is 4.26. The summed E-state index contributed by atoms with van der Waals surface area (Å²) in [4.78, 5) is 0. The molecule has 0 aliphatic heterocycles. The van der Waals surface area contributed by atoms with Crippen molar-refractivity contribution in [2.75, 3.05) is 0 Å². The number of hydrogen-bond donors (Lipinski definition) is 1. The lowest BCUT2D eigenvalue weighted by Crippen LogP contribution is -2.07. The van der Waals surface area contributed by atoms with Gasteiger partial charge < -0.3 is 5.73 Å². The van der Waals surface area contributed by atoms with Crippen molar-refractivity contribution in [1.82, 2.24) is 0 Å². The lowest BCUT2D eigenvalue weighted by atomic mass is 10.0. The molecule has 1 nitrogen and oxygen atoms in total. The van der Waals surface area contributed by atoms with Crippen LogP contribution in [0, 0.1) is 0 Å². The summed E-state index contributed by atoms with van der Waals surface area (Å²) in [5, 5.41) is 0. The fourth-order valence-electron chi connectivity index (χ4n) is 1.11. The van der Waals surface area contributed by atoms with Crippen molar-refractivity contribution in [1.29, 1.82) is 0 Å². The first-order valence-corrected chi connectivity index (χ1v) is 4.26. The van der Waals surface area contributed by atoms with Crippen LogP contribution in [0.2, 0.25) is 0 Å². The lowest BCUT2D eigenvalue weighted by molar-refractivity contribution is 0.699. The summed E-state index contributed by atoms with van der Waals surface area (Å²) in [6.45, 7) is 5.78. The number of nitrogens with two attached hydrogens (primary N) is 1. The zero-order valence-corrected chi connectivity index (χ0v) is 7.46. The SMILES string of the molecule is C=Cc1ccc([C@@H](N)CC)cc1. The quantitative estimate of drug-likeness (QED) is 0.724. The van der Waals surface area contributed by atoms with E-state index in [1.54, 1.807) is 0 Å². The summed E-state index contributed by atoms with van der Waals surface area (Å²) < 4.78 is 0. The van der Waals surface area contributed by atoms with Crippen molar-refractivity contribution in [2.24, 2.45) is 5.73 Å². The molecular formula is C11H15N. The fraction of sp³-hybridized carbons (Fsp3) is 0.273. The number of rotatable bonds is 3. The standard InChI is InChI=1S/C11H15N/c1-3-9-5-7-10(8-6-9)11(12)4-2/h3,5-8,11H,1,4,12H2,2H3/t11-/m0/s1. The van der Waals surface area contributed by atoms with Crippen molar-refractivity contribution < 1.29 is 0 Å². The zero-order valence-electron chi connectivity index (χ0n) is 7.46. The fourth-order valence-corrected chi connectivity index (χ4v) is 1.11. The van der Waals surface area contributed by atoms with E-state index in [9.17, 15) is 0 Å². The molecule has 1 aromatic carbocycles. The predicted molar refractivity (Wildman–Crippen MR) is 53.8 cm³/mol. The molecule has 1 atom stereocenters. The van der Waals surface area contributed by atoms with E-state index >= 15 is 0 Å². The Morgan fingerprint density at radius 3 is 2.42 bits per heavy atom. The normalized spacial score (nSPS) is 12.5. The second-order valence-corrected chi connectivity index (χ2v) is 2.89. The third-order valence-corrected chi connectivity index (χ3v) is 2.04. The highest BCUT2D eigenvalue weighted by atomic mass is 14.6. The van der Waals surface area contributed by atoms with Gasteiger partial charge in [-0.3, -0.25) is 0 Å². The van der Waals surface area contributed by atoms with E-state index in [2.05, 4.69) is 25.6 Å². The number of hydrogen-bond acceptors (Lipinski definition) is 1. The maximum Gasteiger partial charge on any atom is 0.0292 e. The van der Waals surface area contributed by atoms with Gasteiger partial charge in [0.15, 0.2) is 0 Å². The van der Waals surface area contributed by atoms with Gasteiger partial charge in [0.25, 0.3) is 0 Å². The third-order valence-electron chi connectivity index (χ3n) is 2.04. The molecule has 2 N–H and O–H groups in total. The summed E-state index contributed by atoms with van der Waals surface area (Å²) >= 11 is 0. The molecular weight excluding hydrogens is 146 g/mol. The highest BCUT2D eigenvalue weighted by molar-refractivity contribution is 5.47. The van der Waals surface area contributed by atoms with E-state index in [4.69, 9.17) is 5.73 Å². The summed E-state index contributed by atoms with van der Waals surface area (Å²) in [5.74, 6) is 0. The molecule has 0 aliphatic carbocycles. The van der Waals surface area contributed by atoms with Crippen molar-refractivity contribution in [3.05, 3.63) is 42.0 Å². The molecule has 1 rings (SSSR count). The van der Waals surface area contributed by atoms with Gasteiger partial charge in [0, 0.05) is 6.04 Å². The minimum Gasteiger partial charge on any atom is -0.324 e. The van der Waals surface area contributed by atoms with E-state index in [1.165, 1.54) is 5.56 Å². The van der Waals surface area contributed by atoms with Crippen LogP contribution in [0.3, 0.4) is 0 Å². The first kappa shape index (κ1) is 9.01. The molecule has 0 spiro atoms. The van der Waals surface area contributed by atoms with Crippen LogP contribution < -0.4 is 5.73 Å². The molecule has 0 aromatic heterocycles. The summed E-state index contributed by atoms with van der Waals surface area (Å²) in [7, 11) is 0. The van der Waals surface area contributed by atoms with Crippen LogP contribution in [0.1, 0.15) is 30.5 Å². The van der Waals surface area contributed by atoms with Crippen LogP contribution in [0.4, 0.5) is 0 Å². The highest BCUT2D eigenvalue weighted by Crippen LogP contribution is 2.14. The lowest BCUT2D eigenvalue weighted by Gasteiger charge is -2.08. The average molecular weight is 161 g/mol. The Labute approximate surface area is 73.9 Å². The topological polar surface area (TPSA) is 26.0 Å². The number of benzene rings is 1. The van der Waals surface area contributed by atoms with Gasteiger partial charge in [-0.25, -0.2) is 0 Å². The Morgan fingerprint density at radius 2 is 2.00 bits per heavy atom. The molecule has 0 unspecified atom stereocenters. The summed E-state index contributed by atoms with van der Waals surface area (Å²) in [6, 6.07) is 8.37. The van der Waals surface area contributed by atoms with Crippen LogP contribution in [0.15, 0.2) is 30.8 Å². The van der Waals surface area contributed by atoms with Crippen molar-refractivity contribution >= 4 is 6.08 Å². The maximum absolute atomic E-state index is 5.86. The monoisotopic (exact) mass is 161 g/mol. The van der Waals surface area contributed by atoms with Crippen LogP contribution in [0.25, 0.3) is 6.08 Å². The minimum absolute atomic E-state index is 0.170. The minimum atomic E-state index is 0.170. The van der Waals surface area contributed by atoms with Crippen LogP contribution in [-0.4, -0.2) is 0 Å². The van der Waals surface area contributed by atoms with Gasteiger partial charge in [-0.05, 0) is 17.5 Å². The van der Waals surface area contributed by atoms with Gasteiger partial charge in [-0.2, -0.15) is 0 Å². The Hall–Kier alpha value is -1.08. The Balaban J connectivity index is 2.84. The van der Waals surface area contributed by atoms with Crippen molar-refractivity contribution in [3.8, 4) is 0 Å². The molecule has 0 heterocycles. The van der Waals surface area contributed by atoms with Gasteiger partial charge in [-0.1, -0.05) is 43.8 Å². The molecule has 1 aromatic rings. The largest absolute Gasteiger partial charge is 0.324 e. The second kappa shape index (κ2) is 4.07. The second-order valence-electron chi connectivity index (χ2n) is 2.89. The van der Waals surface area contributed by atoms with Crippen molar-refractivity contribution in [2.45, 2.75) is 19.4 Å². The molecule has 0 amide bonds. The van der Waals surface area contributed by atoms with Gasteiger partial charge in [-0.15, -0.1) is 0 Å². The highest BCUT2D eigenvalue weighted by Gasteiger charge is 2.00. The maximum atomic E-state index is 5.86. The van der Waals surface area contributed by atoms with Crippen molar-refractivity contribution in [3.63, 3.8) is 0 Å². The van der Waals surface area contributed by atoms with Crippen LogP contribution in [0.5, 0.6) is 0 Å². The Kier molecular flexibility index (Phi) is 3.06. The molecule has 0 aliphatic rings. The molecule has 12 heavy (non-hydrogen) atoms. The van der Waals surface area contributed by atoms with E-state index in [1.807, 2.05) is 18.2 Å². The smallest absolute Gasteiger partial charge is 0.0292 e. The molecule has 0 saturated heterocycles. The summed E-state index contributed by atoms with van der Waals surface area (Å²) in [5.41, 5.74) is 8.20. The van der Waals surface area contributed by atoms with Crippen LogP contribution in [-0.2, 0) is 0 Å². The van der Waals surface area contributed by atoms with E-state index < -0.39 is 0 Å². The molecule has 0 fully saturated rings. The molecule has 0 radical (unpaired) electrons.